The van der Waals surface area contributed by atoms with Crippen LogP contribution in [0.1, 0.15) is 51.1 Å². The summed E-state index contributed by atoms with van der Waals surface area (Å²) in [6, 6.07) is 15.7. The van der Waals surface area contributed by atoms with Gasteiger partial charge >= 0.3 is 0 Å². The van der Waals surface area contributed by atoms with Crippen molar-refractivity contribution < 1.29 is 19.1 Å². The molecule has 3 aliphatic rings. The quantitative estimate of drug-likeness (QED) is 0.256. The summed E-state index contributed by atoms with van der Waals surface area (Å²) in [5.74, 6) is 1.13. The van der Waals surface area contributed by atoms with Gasteiger partial charge in [-0.2, -0.15) is 0 Å². The summed E-state index contributed by atoms with van der Waals surface area (Å²) in [7, 11) is 3.19. The Hall–Kier alpha value is -3.65. The second-order valence-electron chi connectivity index (χ2n) is 11.2. The maximum Gasteiger partial charge on any atom is 0.224 e. The summed E-state index contributed by atoms with van der Waals surface area (Å²) in [4.78, 5) is 30.7. The first kappa shape index (κ1) is 29.4. The van der Waals surface area contributed by atoms with Crippen LogP contribution in [-0.4, -0.2) is 60.8 Å². The van der Waals surface area contributed by atoms with Gasteiger partial charge < -0.3 is 14.8 Å². The fourth-order valence-corrected chi connectivity index (χ4v) is 7.32. The number of pyridine rings is 1. The lowest BCUT2D eigenvalue weighted by molar-refractivity contribution is -0.119. The van der Waals surface area contributed by atoms with Gasteiger partial charge in [-0.25, -0.2) is 4.98 Å². The van der Waals surface area contributed by atoms with Gasteiger partial charge in [0.15, 0.2) is 6.29 Å². The average molecular weight is 619 g/mol. The van der Waals surface area contributed by atoms with Crippen LogP contribution >= 0.6 is 23.2 Å². The van der Waals surface area contributed by atoms with E-state index in [2.05, 4.69) is 28.4 Å². The Bertz CT molecular complexity index is 1620. The topological polar surface area (TPSA) is 80.8 Å². The number of allylic oxidation sites excluding steroid dienone is 4. The van der Waals surface area contributed by atoms with E-state index in [0.29, 0.717) is 22.7 Å². The molecule has 0 bridgehead atoms. The molecule has 7 nitrogen and oxygen atoms in total. The van der Waals surface area contributed by atoms with Crippen molar-refractivity contribution in [2.45, 2.75) is 42.6 Å². The molecule has 1 fully saturated rings. The highest BCUT2D eigenvalue weighted by Gasteiger charge is 2.45. The minimum Gasteiger partial charge on any atom is -0.496 e. The number of hydrogen-bond donors (Lipinski definition) is 1. The highest BCUT2D eigenvalue weighted by molar-refractivity contribution is 6.34. The molecule has 1 aromatic heterocycles. The molecule has 0 radical (unpaired) electrons. The minimum absolute atomic E-state index is 0.128. The zero-order valence-corrected chi connectivity index (χ0v) is 25.6. The zero-order chi connectivity index (χ0) is 30.1. The third-order valence-electron chi connectivity index (χ3n) is 8.77. The van der Waals surface area contributed by atoms with Gasteiger partial charge in [-0.05, 0) is 59.4 Å². The third kappa shape index (κ3) is 5.35. The van der Waals surface area contributed by atoms with Gasteiger partial charge in [-0.15, -0.1) is 11.6 Å². The predicted molar refractivity (Wildman–Crippen MR) is 168 cm³/mol. The van der Waals surface area contributed by atoms with E-state index in [0.717, 1.165) is 66.8 Å². The number of aromatic nitrogens is 1. The van der Waals surface area contributed by atoms with Gasteiger partial charge in [0.25, 0.3) is 0 Å². The summed E-state index contributed by atoms with van der Waals surface area (Å²) in [6.07, 6.45) is 9.05. The molecule has 0 saturated carbocycles. The van der Waals surface area contributed by atoms with Crippen molar-refractivity contribution in [3.63, 3.8) is 0 Å². The third-order valence-corrected chi connectivity index (χ3v) is 9.68. The molecule has 3 heterocycles. The van der Waals surface area contributed by atoms with E-state index in [1.54, 1.807) is 13.2 Å². The summed E-state index contributed by atoms with van der Waals surface area (Å²) in [6.45, 7) is 2.40. The Morgan fingerprint density at radius 3 is 2.70 bits per heavy atom. The van der Waals surface area contributed by atoms with Gasteiger partial charge in [0.05, 0.1) is 36.3 Å². The van der Waals surface area contributed by atoms with Crippen LogP contribution in [-0.2, 0) is 23.2 Å². The van der Waals surface area contributed by atoms with Crippen molar-refractivity contribution in [3.8, 4) is 11.6 Å². The second kappa shape index (κ2) is 12.2. The molecule has 9 heteroatoms. The summed E-state index contributed by atoms with van der Waals surface area (Å²) < 4.78 is 11.5. The fraction of sp³-hybridized carbons (Fsp3) is 0.324. The molecule has 1 saturated heterocycles. The largest absolute Gasteiger partial charge is 0.496 e. The lowest BCUT2D eigenvalue weighted by Gasteiger charge is -2.40. The number of carbonyl (C=O) groups is 2. The number of benzene rings is 2. The molecule has 1 N–H and O–H groups in total. The molecule has 1 amide bonds. The standard InChI is InChI=1S/C34H33Cl2N3O4/c1-42-29-17-23(16-21-13-15-39(19-27(21)29)18-24-10-12-31(41)37-24)34(30-11-9-22(20-40)33(38-30)43-2)14-5-7-26(32(34)36)25-6-3-4-8-28(25)35/h3-9,11,14,16-17,20,24,32H,10,12-13,15,18-19H2,1-2H3,(H,37,41)/t24?,32-,34?/m0/s1. The molecular weight excluding hydrogens is 585 g/mol. The fourth-order valence-electron chi connectivity index (χ4n) is 6.57. The van der Waals surface area contributed by atoms with Crippen LogP contribution in [0.15, 0.2) is 66.8 Å². The molecule has 2 aliphatic heterocycles. The van der Waals surface area contributed by atoms with Gasteiger partial charge in [0.2, 0.25) is 11.8 Å². The van der Waals surface area contributed by atoms with Crippen molar-refractivity contribution in [1.82, 2.24) is 15.2 Å². The number of fused-ring (bicyclic) bond motifs is 1. The van der Waals surface area contributed by atoms with Crippen LogP contribution in [0.2, 0.25) is 5.02 Å². The Morgan fingerprint density at radius 2 is 1.98 bits per heavy atom. The summed E-state index contributed by atoms with van der Waals surface area (Å²) in [5.41, 5.74) is 4.99. The molecule has 3 atom stereocenters. The van der Waals surface area contributed by atoms with Crippen molar-refractivity contribution in [2.24, 2.45) is 0 Å². The van der Waals surface area contributed by atoms with Crippen LogP contribution in [0.25, 0.3) is 5.57 Å². The Kier molecular flexibility index (Phi) is 8.32. The van der Waals surface area contributed by atoms with Crippen LogP contribution < -0.4 is 14.8 Å². The van der Waals surface area contributed by atoms with E-state index in [4.69, 9.17) is 37.7 Å². The first-order valence-electron chi connectivity index (χ1n) is 14.4. The van der Waals surface area contributed by atoms with Crippen LogP contribution in [0, 0.1) is 0 Å². The van der Waals surface area contributed by atoms with Gasteiger partial charge in [-0.3, -0.25) is 14.5 Å². The number of carbonyl (C=O) groups excluding carboxylic acids is 2. The number of methoxy groups -OCH3 is 2. The first-order chi connectivity index (χ1) is 20.9. The highest BCUT2D eigenvalue weighted by atomic mass is 35.5. The number of hydrogen-bond acceptors (Lipinski definition) is 6. The highest BCUT2D eigenvalue weighted by Crippen LogP contribution is 2.50. The van der Waals surface area contributed by atoms with Gasteiger partial charge in [0, 0.05) is 42.7 Å². The van der Waals surface area contributed by atoms with E-state index in [9.17, 15) is 9.59 Å². The molecular formula is C34H33Cl2N3O4. The van der Waals surface area contributed by atoms with Crippen LogP contribution in [0.4, 0.5) is 0 Å². The van der Waals surface area contributed by atoms with E-state index in [1.165, 1.54) is 12.7 Å². The Morgan fingerprint density at radius 1 is 1.14 bits per heavy atom. The summed E-state index contributed by atoms with van der Waals surface area (Å²) in [5, 5.41) is 3.08. The van der Waals surface area contributed by atoms with Crippen molar-refractivity contribution in [1.29, 1.82) is 0 Å². The minimum atomic E-state index is -0.937. The van der Waals surface area contributed by atoms with Crippen molar-refractivity contribution >= 4 is 41.0 Å². The number of nitrogens with one attached hydrogen (secondary N) is 1. The monoisotopic (exact) mass is 617 g/mol. The lowest BCUT2D eigenvalue weighted by atomic mass is 9.68. The van der Waals surface area contributed by atoms with E-state index in [1.807, 2.05) is 42.5 Å². The van der Waals surface area contributed by atoms with E-state index in [-0.39, 0.29) is 17.8 Å². The van der Waals surface area contributed by atoms with E-state index < -0.39 is 10.8 Å². The molecule has 3 aromatic rings. The molecule has 0 spiro atoms. The summed E-state index contributed by atoms with van der Waals surface area (Å²) >= 11 is 14.2. The molecule has 6 rings (SSSR count). The normalized spacial score (nSPS) is 23.3. The number of amides is 1. The average Bonchev–Trinajstić information content (AvgIpc) is 3.44. The number of rotatable bonds is 8. The number of nitrogens with zero attached hydrogens (tertiary/aromatic N) is 2. The van der Waals surface area contributed by atoms with Crippen LogP contribution in [0.5, 0.6) is 11.6 Å². The molecule has 2 unspecified atom stereocenters. The molecule has 222 valence electrons. The number of aldehydes is 1. The molecule has 1 aliphatic carbocycles. The maximum atomic E-state index is 11.8. The number of ether oxygens (including phenoxy) is 2. The Balaban J connectivity index is 1.46. The molecule has 43 heavy (non-hydrogen) atoms. The Labute approximate surface area is 261 Å². The molecule has 2 aromatic carbocycles. The predicted octanol–water partition coefficient (Wildman–Crippen LogP) is 5.75. The van der Waals surface area contributed by atoms with Crippen LogP contribution in [0.3, 0.4) is 0 Å². The van der Waals surface area contributed by atoms with Crippen molar-refractivity contribution in [2.75, 3.05) is 27.3 Å². The first-order valence-corrected chi connectivity index (χ1v) is 15.2. The van der Waals surface area contributed by atoms with E-state index >= 15 is 0 Å². The SMILES string of the molecule is COc1cc(C2(c3ccc(C=O)c(OC)n3)C=CC=C(c3ccccc3Cl)[C@@H]2Cl)cc2c1CN(CC1CCC(=O)N1)CC2. The maximum absolute atomic E-state index is 11.8. The van der Waals surface area contributed by atoms with Gasteiger partial charge in [0.1, 0.15) is 5.75 Å². The van der Waals surface area contributed by atoms with Gasteiger partial charge in [-0.1, -0.05) is 54.1 Å². The van der Waals surface area contributed by atoms with Crippen molar-refractivity contribution in [3.05, 3.63) is 105 Å². The number of halogens is 2. The number of alkyl halides is 1. The lowest BCUT2D eigenvalue weighted by Crippen LogP contribution is -2.42. The second-order valence-corrected chi connectivity index (χ2v) is 12.1. The zero-order valence-electron chi connectivity index (χ0n) is 24.1. The smallest absolute Gasteiger partial charge is 0.224 e.